The first-order valence-corrected chi connectivity index (χ1v) is 7.81. The van der Waals surface area contributed by atoms with E-state index in [1.807, 2.05) is 0 Å². The molecule has 0 spiro atoms. The molecular formula is C10H17N3O2S2. The van der Waals surface area contributed by atoms with Crippen molar-refractivity contribution in [1.82, 2.24) is 10.3 Å². The smallest absolute Gasteiger partial charge is 0.239 e. The molecule has 7 heteroatoms. The molecule has 0 radical (unpaired) electrons. The maximum Gasteiger partial charge on any atom is 0.239 e. The summed E-state index contributed by atoms with van der Waals surface area (Å²) in [5.74, 6) is 0. The monoisotopic (exact) mass is 275 g/mol. The van der Waals surface area contributed by atoms with Crippen LogP contribution in [0.4, 0.5) is 5.13 Å². The predicted octanol–water partition coefficient (Wildman–Crippen LogP) is 1.33. The van der Waals surface area contributed by atoms with E-state index in [2.05, 4.69) is 15.0 Å². The molecule has 0 saturated heterocycles. The fourth-order valence-corrected chi connectivity index (χ4v) is 3.34. The molecule has 0 bridgehead atoms. The summed E-state index contributed by atoms with van der Waals surface area (Å²) in [6.45, 7) is 6.70. The average molecular weight is 275 g/mol. The van der Waals surface area contributed by atoms with Crippen molar-refractivity contribution in [3.63, 3.8) is 0 Å². The van der Waals surface area contributed by atoms with Crippen molar-refractivity contribution in [3.05, 3.63) is 10.6 Å². The van der Waals surface area contributed by atoms with Gasteiger partial charge >= 0.3 is 0 Å². The summed E-state index contributed by atoms with van der Waals surface area (Å²) in [5, 5.41) is 3.72. The van der Waals surface area contributed by atoms with Crippen LogP contribution in [0, 0.1) is 0 Å². The van der Waals surface area contributed by atoms with Gasteiger partial charge in [-0.05, 0) is 20.8 Å². The third-order valence-corrected chi connectivity index (χ3v) is 5.85. The Labute approximate surface area is 106 Å². The van der Waals surface area contributed by atoms with E-state index in [1.54, 1.807) is 20.8 Å². The molecule has 2 heterocycles. The van der Waals surface area contributed by atoms with Gasteiger partial charge in [-0.1, -0.05) is 11.3 Å². The molecule has 0 atom stereocenters. The van der Waals surface area contributed by atoms with Crippen LogP contribution >= 0.6 is 11.3 Å². The van der Waals surface area contributed by atoms with Crippen LogP contribution in [0.2, 0.25) is 0 Å². The van der Waals surface area contributed by atoms with Crippen LogP contribution in [0.25, 0.3) is 0 Å². The SMILES string of the molecule is CC(C)(C)S(=O)(=O)Nc1nc2c(s1)CNCC2. The van der Waals surface area contributed by atoms with Gasteiger partial charge < -0.3 is 5.32 Å². The summed E-state index contributed by atoms with van der Waals surface area (Å²) in [7, 11) is -3.37. The Bertz CT molecular complexity index is 491. The van der Waals surface area contributed by atoms with Crippen molar-refractivity contribution in [2.24, 2.45) is 0 Å². The number of rotatable bonds is 2. The van der Waals surface area contributed by atoms with Crippen molar-refractivity contribution >= 4 is 26.5 Å². The summed E-state index contributed by atoms with van der Waals surface area (Å²) in [5.41, 5.74) is 1.01. The topological polar surface area (TPSA) is 71.1 Å². The summed E-state index contributed by atoms with van der Waals surface area (Å²) in [6, 6.07) is 0. The zero-order chi connectivity index (χ0) is 12.7. The van der Waals surface area contributed by atoms with Gasteiger partial charge in [-0.15, -0.1) is 0 Å². The van der Waals surface area contributed by atoms with Crippen LogP contribution in [0.3, 0.4) is 0 Å². The third kappa shape index (κ3) is 2.61. The minimum atomic E-state index is -3.37. The Morgan fingerprint density at radius 3 is 2.71 bits per heavy atom. The second-order valence-corrected chi connectivity index (χ2v) is 8.55. The first-order valence-electron chi connectivity index (χ1n) is 5.51. The zero-order valence-electron chi connectivity index (χ0n) is 10.2. The van der Waals surface area contributed by atoms with E-state index in [0.717, 1.165) is 30.1 Å². The Hall–Kier alpha value is -0.660. The van der Waals surface area contributed by atoms with Crippen LogP contribution in [0.15, 0.2) is 0 Å². The summed E-state index contributed by atoms with van der Waals surface area (Å²) >= 11 is 1.41. The summed E-state index contributed by atoms with van der Waals surface area (Å²) in [4.78, 5) is 5.47. The number of hydrogen-bond donors (Lipinski definition) is 2. The molecular weight excluding hydrogens is 258 g/mol. The quantitative estimate of drug-likeness (QED) is 0.854. The van der Waals surface area contributed by atoms with Gasteiger partial charge in [0.1, 0.15) is 0 Å². The van der Waals surface area contributed by atoms with Gasteiger partial charge in [0.15, 0.2) is 5.13 Å². The van der Waals surface area contributed by atoms with Crippen LogP contribution in [0.1, 0.15) is 31.3 Å². The van der Waals surface area contributed by atoms with Crippen LogP contribution in [-0.4, -0.2) is 24.7 Å². The number of hydrogen-bond acceptors (Lipinski definition) is 5. The number of thiazole rings is 1. The molecule has 0 fully saturated rings. The van der Waals surface area contributed by atoms with Gasteiger partial charge in [0.05, 0.1) is 10.4 Å². The summed E-state index contributed by atoms with van der Waals surface area (Å²) in [6.07, 6.45) is 0.864. The predicted molar refractivity (Wildman–Crippen MR) is 69.8 cm³/mol. The Morgan fingerprint density at radius 2 is 2.12 bits per heavy atom. The van der Waals surface area contributed by atoms with Crippen molar-refractivity contribution in [2.75, 3.05) is 11.3 Å². The van der Waals surface area contributed by atoms with Gasteiger partial charge in [-0.25, -0.2) is 13.4 Å². The van der Waals surface area contributed by atoms with Gasteiger partial charge in [0.25, 0.3) is 0 Å². The first-order chi connectivity index (χ1) is 7.79. The average Bonchev–Trinajstić information content (AvgIpc) is 2.56. The van der Waals surface area contributed by atoms with E-state index >= 15 is 0 Å². The van der Waals surface area contributed by atoms with Gasteiger partial charge in [-0.3, -0.25) is 4.72 Å². The Kier molecular flexibility index (Phi) is 3.17. The van der Waals surface area contributed by atoms with Crippen LogP contribution < -0.4 is 10.0 Å². The second kappa shape index (κ2) is 4.22. The highest BCUT2D eigenvalue weighted by molar-refractivity contribution is 7.94. The highest BCUT2D eigenvalue weighted by atomic mass is 32.2. The van der Waals surface area contributed by atoms with E-state index in [9.17, 15) is 8.42 Å². The zero-order valence-corrected chi connectivity index (χ0v) is 11.8. The van der Waals surface area contributed by atoms with E-state index in [4.69, 9.17) is 0 Å². The second-order valence-electron chi connectivity index (χ2n) is 5.03. The number of aromatic nitrogens is 1. The number of anilines is 1. The van der Waals surface area contributed by atoms with E-state index in [1.165, 1.54) is 11.3 Å². The molecule has 1 aromatic rings. The van der Waals surface area contributed by atoms with E-state index < -0.39 is 14.8 Å². The van der Waals surface area contributed by atoms with Gasteiger partial charge in [0, 0.05) is 24.4 Å². The summed E-state index contributed by atoms with van der Waals surface area (Å²) < 4.78 is 25.7. The first kappa shape index (κ1) is 12.8. The molecule has 1 aromatic heterocycles. The minimum absolute atomic E-state index is 0.480. The lowest BCUT2D eigenvalue weighted by molar-refractivity contribution is 0.566. The molecule has 0 aliphatic carbocycles. The van der Waals surface area contributed by atoms with Crippen molar-refractivity contribution in [1.29, 1.82) is 0 Å². The molecule has 0 amide bonds. The largest absolute Gasteiger partial charge is 0.311 e. The van der Waals surface area contributed by atoms with Gasteiger partial charge in [-0.2, -0.15) is 0 Å². The molecule has 96 valence electrons. The van der Waals surface area contributed by atoms with Crippen LogP contribution in [0.5, 0.6) is 0 Å². The lowest BCUT2D eigenvalue weighted by Gasteiger charge is -2.18. The lowest BCUT2D eigenvalue weighted by atomic mass is 10.2. The molecule has 2 rings (SSSR count). The van der Waals surface area contributed by atoms with Crippen molar-refractivity contribution < 1.29 is 8.42 Å². The number of sulfonamides is 1. The molecule has 1 aliphatic rings. The third-order valence-electron chi connectivity index (χ3n) is 2.63. The molecule has 0 aromatic carbocycles. The Morgan fingerprint density at radius 1 is 1.41 bits per heavy atom. The van der Waals surface area contributed by atoms with Gasteiger partial charge in [0.2, 0.25) is 10.0 Å². The highest BCUT2D eigenvalue weighted by Gasteiger charge is 2.30. The van der Waals surface area contributed by atoms with E-state index in [0.29, 0.717) is 5.13 Å². The fourth-order valence-electron chi connectivity index (χ4n) is 1.44. The molecule has 17 heavy (non-hydrogen) atoms. The molecule has 0 unspecified atom stereocenters. The molecule has 5 nitrogen and oxygen atoms in total. The Balaban J connectivity index is 2.23. The standard InChI is InChI=1S/C10H17N3O2S2/c1-10(2,3)17(14,15)13-9-12-7-4-5-11-6-8(7)16-9/h11H,4-6H2,1-3H3,(H,12,13). The maximum atomic E-state index is 12.0. The normalized spacial score (nSPS) is 16.6. The maximum absolute atomic E-state index is 12.0. The molecule has 0 saturated carbocycles. The highest BCUT2D eigenvalue weighted by Crippen LogP contribution is 2.28. The van der Waals surface area contributed by atoms with Crippen molar-refractivity contribution in [3.8, 4) is 0 Å². The fraction of sp³-hybridized carbons (Fsp3) is 0.700. The number of nitrogens with one attached hydrogen (secondary N) is 2. The van der Waals surface area contributed by atoms with E-state index in [-0.39, 0.29) is 0 Å². The minimum Gasteiger partial charge on any atom is -0.311 e. The van der Waals surface area contributed by atoms with Crippen LogP contribution in [-0.2, 0) is 23.0 Å². The number of fused-ring (bicyclic) bond motifs is 1. The molecule has 2 N–H and O–H groups in total. The molecule has 1 aliphatic heterocycles. The number of nitrogens with zero attached hydrogens (tertiary/aromatic N) is 1. The van der Waals surface area contributed by atoms with Crippen molar-refractivity contribution in [2.45, 2.75) is 38.5 Å². The lowest BCUT2D eigenvalue weighted by Crippen LogP contribution is -2.33.